The number of thiazole rings is 1. The standard InChI is InChI=1S/C18H21N5O3S/c1-5-26-17(25)15-11(2)19-18(27-15)21-16(24)14-12(10-22(3)4)23-9-7-6-8-13(23)20-14/h6-9H,5,10H2,1-4H3,(H,19,21,24). The van der Waals surface area contributed by atoms with E-state index in [-0.39, 0.29) is 12.5 Å². The number of amides is 1. The highest BCUT2D eigenvalue weighted by Crippen LogP contribution is 2.24. The van der Waals surface area contributed by atoms with Crippen LogP contribution < -0.4 is 5.32 Å². The van der Waals surface area contributed by atoms with Crippen molar-refractivity contribution < 1.29 is 14.3 Å². The van der Waals surface area contributed by atoms with Gasteiger partial charge < -0.3 is 14.0 Å². The summed E-state index contributed by atoms with van der Waals surface area (Å²) in [4.78, 5) is 35.9. The Kier molecular flexibility index (Phi) is 5.52. The number of hydrogen-bond acceptors (Lipinski definition) is 7. The second kappa shape index (κ2) is 7.85. The number of ether oxygens (including phenoxy) is 1. The molecule has 0 atom stereocenters. The first-order chi connectivity index (χ1) is 12.9. The number of pyridine rings is 1. The zero-order chi connectivity index (χ0) is 19.6. The van der Waals surface area contributed by atoms with Crippen LogP contribution in [0, 0.1) is 6.92 Å². The number of rotatable bonds is 6. The van der Waals surface area contributed by atoms with E-state index in [4.69, 9.17) is 4.74 Å². The monoisotopic (exact) mass is 387 g/mol. The Morgan fingerprint density at radius 2 is 2.07 bits per heavy atom. The lowest BCUT2D eigenvalue weighted by molar-refractivity contribution is 0.0531. The minimum absolute atomic E-state index is 0.285. The van der Waals surface area contributed by atoms with Gasteiger partial charge >= 0.3 is 5.97 Å². The smallest absolute Gasteiger partial charge is 0.350 e. The summed E-state index contributed by atoms with van der Waals surface area (Å²) in [6.07, 6.45) is 1.88. The molecule has 0 spiro atoms. The maximum Gasteiger partial charge on any atom is 0.350 e. The first kappa shape index (κ1) is 19.0. The SMILES string of the molecule is CCOC(=O)c1sc(NC(=O)c2nc3ccccn3c2CN(C)C)nc1C. The van der Waals surface area contributed by atoms with Crippen LogP contribution in [0.5, 0.6) is 0 Å². The van der Waals surface area contributed by atoms with E-state index in [1.54, 1.807) is 13.8 Å². The van der Waals surface area contributed by atoms with Crippen LogP contribution in [0.1, 0.15) is 38.5 Å². The Morgan fingerprint density at radius 3 is 2.78 bits per heavy atom. The quantitative estimate of drug-likeness (QED) is 0.654. The van der Waals surface area contributed by atoms with Crippen molar-refractivity contribution in [2.45, 2.75) is 20.4 Å². The highest BCUT2D eigenvalue weighted by molar-refractivity contribution is 7.17. The number of aromatic nitrogens is 3. The molecule has 9 heteroatoms. The molecule has 3 heterocycles. The molecule has 3 aromatic heterocycles. The van der Waals surface area contributed by atoms with Gasteiger partial charge in [-0.2, -0.15) is 0 Å². The van der Waals surface area contributed by atoms with E-state index in [9.17, 15) is 9.59 Å². The van der Waals surface area contributed by atoms with E-state index in [1.807, 2.05) is 47.8 Å². The lowest BCUT2D eigenvalue weighted by Gasteiger charge is -2.10. The number of anilines is 1. The van der Waals surface area contributed by atoms with Gasteiger partial charge in [0.25, 0.3) is 5.91 Å². The predicted molar refractivity (Wildman–Crippen MR) is 103 cm³/mol. The molecule has 0 aliphatic rings. The fourth-order valence-electron chi connectivity index (χ4n) is 2.67. The van der Waals surface area contributed by atoms with Gasteiger partial charge in [0.15, 0.2) is 10.8 Å². The summed E-state index contributed by atoms with van der Waals surface area (Å²) >= 11 is 1.09. The normalized spacial score (nSPS) is 11.1. The van der Waals surface area contributed by atoms with Crippen molar-refractivity contribution in [2.24, 2.45) is 0 Å². The molecule has 0 radical (unpaired) electrons. The zero-order valence-electron chi connectivity index (χ0n) is 15.6. The molecule has 1 N–H and O–H groups in total. The van der Waals surface area contributed by atoms with Crippen LogP contribution in [0.3, 0.4) is 0 Å². The predicted octanol–water partition coefficient (Wildman–Crippen LogP) is 2.59. The van der Waals surface area contributed by atoms with Crippen molar-refractivity contribution in [2.75, 3.05) is 26.0 Å². The first-order valence-electron chi connectivity index (χ1n) is 8.47. The van der Waals surface area contributed by atoms with Gasteiger partial charge in [-0.15, -0.1) is 0 Å². The van der Waals surface area contributed by atoms with Gasteiger partial charge in [0, 0.05) is 12.7 Å². The molecule has 0 aromatic carbocycles. The van der Waals surface area contributed by atoms with Gasteiger partial charge in [0.2, 0.25) is 0 Å². The van der Waals surface area contributed by atoms with Crippen molar-refractivity contribution in [3.63, 3.8) is 0 Å². The average molecular weight is 387 g/mol. The van der Waals surface area contributed by atoms with Gasteiger partial charge in [0.1, 0.15) is 10.5 Å². The molecule has 0 saturated heterocycles. The molecule has 0 aliphatic heterocycles. The van der Waals surface area contributed by atoms with Crippen LogP contribution in [0.2, 0.25) is 0 Å². The number of fused-ring (bicyclic) bond motifs is 1. The third-order valence-electron chi connectivity index (χ3n) is 3.79. The summed E-state index contributed by atoms with van der Waals surface area (Å²) < 4.78 is 6.91. The molecule has 0 bridgehead atoms. The van der Waals surface area contributed by atoms with Gasteiger partial charge in [0.05, 0.1) is 18.0 Å². The Balaban J connectivity index is 1.91. The largest absolute Gasteiger partial charge is 0.462 e. The number of nitrogens with one attached hydrogen (secondary N) is 1. The Bertz CT molecular complexity index is 992. The van der Waals surface area contributed by atoms with Crippen LogP contribution in [-0.2, 0) is 11.3 Å². The number of carbonyl (C=O) groups excluding carboxylic acids is 2. The fourth-order valence-corrected chi connectivity index (χ4v) is 3.53. The van der Waals surface area contributed by atoms with E-state index in [2.05, 4.69) is 15.3 Å². The minimum atomic E-state index is -0.436. The lowest BCUT2D eigenvalue weighted by Crippen LogP contribution is -2.19. The molecule has 27 heavy (non-hydrogen) atoms. The summed E-state index contributed by atoms with van der Waals surface area (Å²) in [5.74, 6) is -0.797. The van der Waals surface area contributed by atoms with Gasteiger partial charge in [-0.3, -0.25) is 10.1 Å². The Hall–Kier alpha value is -2.78. The van der Waals surface area contributed by atoms with Crippen molar-refractivity contribution in [1.82, 2.24) is 19.3 Å². The van der Waals surface area contributed by atoms with Crippen molar-refractivity contribution in [3.8, 4) is 0 Å². The topological polar surface area (TPSA) is 88.8 Å². The van der Waals surface area contributed by atoms with Crippen molar-refractivity contribution in [1.29, 1.82) is 0 Å². The van der Waals surface area contributed by atoms with Gasteiger partial charge in [-0.05, 0) is 40.1 Å². The third kappa shape index (κ3) is 3.99. The van der Waals surface area contributed by atoms with E-state index in [0.29, 0.717) is 33.6 Å². The van der Waals surface area contributed by atoms with Crippen LogP contribution in [0.25, 0.3) is 5.65 Å². The van der Waals surface area contributed by atoms with E-state index >= 15 is 0 Å². The molecular formula is C18H21N5O3S. The number of imidazole rings is 1. The highest BCUT2D eigenvalue weighted by atomic mass is 32.1. The highest BCUT2D eigenvalue weighted by Gasteiger charge is 2.22. The Labute approximate surface area is 160 Å². The molecule has 3 rings (SSSR count). The minimum Gasteiger partial charge on any atom is -0.462 e. The average Bonchev–Trinajstić information content (AvgIpc) is 3.15. The molecule has 0 fully saturated rings. The molecule has 8 nitrogen and oxygen atoms in total. The van der Waals surface area contributed by atoms with Crippen LogP contribution in [0.4, 0.5) is 5.13 Å². The number of hydrogen-bond donors (Lipinski definition) is 1. The second-order valence-corrected chi connectivity index (χ2v) is 7.18. The molecule has 142 valence electrons. The molecule has 0 unspecified atom stereocenters. The van der Waals surface area contributed by atoms with E-state index in [0.717, 1.165) is 17.0 Å². The van der Waals surface area contributed by atoms with E-state index in [1.165, 1.54) is 0 Å². The maximum atomic E-state index is 12.8. The number of aryl methyl sites for hydroxylation is 1. The number of esters is 1. The van der Waals surface area contributed by atoms with Gasteiger partial charge in [-0.1, -0.05) is 17.4 Å². The summed E-state index contributed by atoms with van der Waals surface area (Å²) in [6, 6.07) is 5.62. The zero-order valence-corrected chi connectivity index (χ0v) is 16.5. The number of carbonyl (C=O) groups is 2. The van der Waals surface area contributed by atoms with Gasteiger partial charge in [-0.25, -0.2) is 14.8 Å². The summed E-state index contributed by atoms with van der Waals surface area (Å²) in [6.45, 7) is 4.29. The van der Waals surface area contributed by atoms with Crippen molar-refractivity contribution >= 4 is 34.0 Å². The third-order valence-corrected chi connectivity index (χ3v) is 4.84. The molecule has 0 aliphatic carbocycles. The molecule has 1 amide bonds. The van der Waals surface area contributed by atoms with Crippen LogP contribution in [0.15, 0.2) is 24.4 Å². The van der Waals surface area contributed by atoms with Crippen molar-refractivity contribution in [3.05, 3.63) is 46.4 Å². The fraction of sp³-hybridized carbons (Fsp3) is 0.333. The first-order valence-corrected chi connectivity index (χ1v) is 9.29. The number of nitrogens with zero attached hydrogens (tertiary/aromatic N) is 4. The van der Waals surface area contributed by atoms with Crippen LogP contribution >= 0.6 is 11.3 Å². The lowest BCUT2D eigenvalue weighted by atomic mass is 10.3. The summed E-state index contributed by atoms with van der Waals surface area (Å²) in [5, 5.41) is 3.10. The molecule has 0 saturated carbocycles. The second-order valence-electron chi connectivity index (χ2n) is 6.18. The summed E-state index contributed by atoms with van der Waals surface area (Å²) in [7, 11) is 3.86. The van der Waals surface area contributed by atoms with Crippen LogP contribution in [-0.4, -0.2) is 51.8 Å². The molecular weight excluding hydrogens is 366 g/mol. The Morgan fingerprint density at radius 1 is 1.30 bits per heavy atom. The summed E-state index contributed by atoms with van der Waals surface area (Å²) in [5.41, 5.74) is 2.34. The van der Waals surface area contributed by atoms with E-state index < -0.39 is 5.97 Å². The molecule has 3 aromatic rings. The maximum absolute atomic E-state index is 12.8.